The van der Waals surface area contributed by atoms with Gasteiger partial charge in [0.15, 0.2) is 0 Å². The Kier molecular flexibility index (Phi) is 5.53. The summed E-state index contributed by atoms with van der Waals surface area (Å²) in [7, 11) is 0. The lowest BCUT2D eigenvalue weighted by atomic mass is 9.97. The molecule has 9 heteroatoms. The van der Waals surface area contributed by atoms with Crippen molar-refractivity contribution in [1.82, 2.24) is 5.23 Å². The largest absolute Gasteiger partial charge is 0.462 e. The van der Waals surface area contributed by atoms with E-state index in [1.807, 2.05) is 0 Å². The summed E-state index contributed by atoms with van der Waals surface area (Å²) in [5.74, 6) is 0.367. The molecule has 2 rings (SSSR count). The molecule has 0 aromatic heterocycles. The van der Waals surface area contributed by atoms with Crippen molar-refractivity contribution in [3.63, 3.8) is 0 Å². The number of aliphatic hydroxyl groups is 3. The monoisotopic (exact) mass is 316 g/mol. The lowest BCUT2D eigenvalue weighted by molar-refractivity contribution is -0.317. The molecular weight excluding hydrogens is 296 g/mol. The molecule has 0 aliphatic carbocycles. The van der Waals surface area contributed by atoms with Gasteiger partial charge in [-0.25, -0.2) is 0 Å². The first-order chi connectivity index (χ1) is 10.4. The number of hydroxylamine groups is 2. The highest BCUT2D eigenvalue weighted by Gasteiger charge is 2.44. The summed E-state index contributed by atoms with van der Waals surface area (Å²) in [6.45, 7) is -0.209. The van der Waals surface area contributed by atoms with Crippen LogP contribution in [0, 0.1) is 0 Å². The van der Waals surface area contributed by atoms with Crippen LogP contribution in [0.1, 0.15) is 6.42 Å². The highest BCUT2D eigenvalue weighted by Crippen LogP contribution is 2.26. The lowest BCUT2D eigenvalue weighted by Crippen LogP contribution is -2.59. The van der Waals surface area contributed by atoms with Crippen molar-refractivity contribution < 1.29 is 35.2 Å². The third kappa shape index (κ3) is 4.05. The van der Waals surface area contributed by atoms with Gasteiger partial charge in [-0.15, -0.1) is 0 Å². The molecule has 1 aromatic rings. The summed E-state index contributed by atoms with van der Waals surface area (Å²) in [4.78, 5) is 0. The molecule has 1 heterocycles. The average Bonchev–Trinajstić information content (AvgIpc) is 2.48. The van der Waals surface area contributed by atoms with Gasteiger partial charge < -0.3 is 30.5 Å². The number of ether oxygens (including phenoxy) is 2. The zero-order valence-corrected chi connectivity index (χ0v) is 11.7. The van der Waals surface area contributed by atoms with Gasteiger partial charge in [0.25, 0.3) is 0 Å². The van der Waals surface area contributed by atoms with E-state index in [1.165, 1.54) is 0 Å². The summed E-state index contributed by atoms with van der Waals surface area (Å²) in [5, 5.41) is 47.0. The SMILES string of the molecule is Nc1ccc(O[C@H]2O[C@H](CCN(O)O)[C@@H](O)C(O)C2O)cc1. The second-order valence-corrected chi connectivity index (χ2v) is 5.09. The van der Waals surface area contributed by atoms with Crippen molar-refractivity contribution in [1.29, 1.82) is 0 Å². The highest BCUT2D eigenvalue weighted by molar-refractivity contribution is 5.41. The summed E-state index contributed by atoms with van der Waals surface area (Å²) < 4.78 is 10.8. The van der Waals surface area contributed by atoms with Crippen molar-refractivity contribution in [2.45, 2.75) is 37.1 Å². The van der Waals surface area contributed by atoms with Gasteiger partial charge in [0, 0.05) is 5.69 Å². The van der Waals surface area contributed by atoms with E-state index in [9.17, 15) is 15.3 Å². The van der Waals surface area contributed by atoms with Crippen molar-refractivity contribution in [2.75, 3.05) is 12.3 Å². The van der Waals surface area contributed by atoms with Gasteiger partial charge in [-0.2, -0.15) is 0 Å². The molecule has 1 aliphatic heterocycles. The minimum Gasteiger partial charge on any atom is -0.462 e. The number of anilines is 1. The predicted octanol–water partition coefficient (Wildman–Crippen LogP) is -1.07. The Hall–Kier alpha value is -1.46. The van der Waals surface area contributed by atoms with E-state index in [0.717, 1.165) is 0 Å². The van der Waals surface area contributed by atoms with Crippen molar-refractivity contribution >= 4 is 5.69 Å². The van der Waals surface area contributed by atoms with Gasteiger partial charge in [0.2, 0.25) is 6.29 Å². The molecule has 2 unspecified atom stereocenters. The maximum atomic E-state index is 9.93. The molecule has 0 saturated carbocycles. The Labute approximate surface area is 126 Å². The normalized spacial score (nSPS) is 32.2. The quantitative estimate of drug-likeness (QED) is 0.295. The fourth-order valence-corrected chi connectivity index (χ4v) is 2.18. The zero-order chi connectivity index (χ0) is 16.3. The molecule has 1 aromatic carbocycles. The number of benzene rings is 1. The first kappa shape index (κ1) is 16.9. The number of nitrogens with zero attached hydrogens (tertiary/aromatic N) is 1. The van der Waals surface area contributed by atoms with E-state index in [4.69, 9.17) is 25.6 Å². The smallest absolute Gasteiger partial charge is 0.229 e. The van der Waals surface area contributed by atoms with Crippen LogP contribution in [-0.2, 0) is 4.74 Å². The Morgan fingerprint density at radius 1 is 1.05 bits per heavy atom. The highest BCUT2D eigenvalue weighted by atomic mass is 16.8. The molecule has 0 amide bonds. The molecule has 1 saturated heterocycles. The van der Waals surface area contributed by atoms with E-state index in [2.05, 4.69) is 0 Å². The molecule has 0 bridgehead atoms. The van der Waals surface area contributed by atoms with Gasteiger partial charge in [-0.05, 0) is 30.7 Å². The number of nitrogen functional groups attached to an aromatic ring is 1. The Bertz CT molecular complexity index is 470. The molecule has 1 aliphatic rings. The molecule has 124 valence electrons. The van der Waals surface area contributed by atoms with Crippen LogP contribution in [0.2, 0.25) is 0 Å². The molecule has 7 N–H and O–H groups in total. The molecule has 22 heavy (non-hydrogen) atoms. The van der Waals surface area contributed by atoms with Crippen LogP contribution in [0.4, 0.5) is 5.69 Å². The Morgan fingerprint density at radius 2 is 1.68 bits per heavy atom. The van der Waals surface area contributed by atoms with Crippen LogP contribution in [0.15, 0.2) is 24.3 Å². The van der Waals surface area contributed by atoms with Gasteiger partial charge in [-0.3, -0.25) is 10.4 Å². The average molecular weight is 316 g/mol. The number of aliphatic hydroxyl groups excluding tert-OH is 3. The van der Waals surface area contributed by atoms with Crippen LogP contribution >= 0.6 is 0 Å². The third-order valence-electron chi connectivity index (χ3n) is 3.41. The Morgan fingerprint density at radius 3 is 2.27 bits per heavy atom. The van der Waals surface area contributed by atoms with Crippen molar-refractivity contribution in [3.8, 4) is 5.75 Å². The lowest BCUT2D eigenvalue weighted by Gasteiger charge is -2.40. The minimum absolute atomic E-state index is 0.0134. The second kappa shape index (κ2) is 7.20. The summed E-state index contributed by atoms with van der Waals surface area (Å²) >= 11 is 0. The maximum Gasteiger partial charge on any atom is 0.229 e. The topological polar surface area (TPSA) is 149 Å². The maximum absolute atomic E-state index is 9.93. The summed E-state index contributed by atoms with van der Waals surface area (Å²) in [5.41, 5.74) is 6.09. The first-order valence-corrected chi connectivity index (χ1v) is 6.75. The van der Waals surface area contributed by atoms with E-state index in [-0.39, 0.29) is 18.2 Å². The van der Waals surface area contributed by atoms with Gasteiger partial charge in [-0.1, -0.05) is 5.23 Å². The van der Waals surface area contributed by atoms with Crippen LogP contribution in [0.3, 0.4) is 0 Å². The molecule has 1 fully saturated rings. The molecule has 5 atom stereocenters. The standard InChI is InChI=1S/C13H20N2O7/c14-7-1-3-8(4-2-7)21-13-12(18)11(17)10(16)9(22-13)5-6-15(19)20/h1-4,9-13,16-20H,5-6,14H2/t9-,10-,11?,12?,13+/m1/s1. The molecule has 9 nitrogen and oxygen atoms in total. The van der Waals surface area contributed by atoms with Gasteiger partial charge in [0.05, 0.1) is 12.6 Å². The van der Waals surface area contributed by atoms with Crippen LogP contribution in [0.5, 0.6) is 5.75 Å². The first-order valence-electron chi connectivity index (χ1n) is 6.75. The predicted molar refractivity (Wildman–Crippen MR) is 73.1 cm³/mol. The van der Waals surface area contributed by atoms with Crippen LogP contribution in [-0.4, -0.2) is 68.2 Å². The van der Waals surface area contributed by atoms with E-state index < -0.39 is 30.7 Å². The van der Waals surface area contributed by atoms with E-state index >= 15 is 0 Å². The van der Waals surface area contributed by atoms with Gasteiger partial charge in [0.1, 0.15) is 24.1 Å². The van der Waals surface area contributed by atoms with Crippen LogP contribution in [0.25, 0.3) is 0 Å². The summed E-state index contributed by atoms with van der Waals surface area (Å²) in [6, 6.07) is 6.34. The fourth-order valence-electron chi connectivity index (χ4n) is 2.18. The number of hydrogen-bond acceptors (Lipinski definition) is 9. The van der Waals surface area contributed by atoms with Crippen molar-refractivity contribution in [2.24, 2.45) is 0 Å². The van der Waals surface area contributed by atoms with E-state index in [0.29, 0.717) is 11.4 Å². The van der Waals surface area contributed by atoms with Gasteiger partial charge >= 0.3 is 0 Å². The van der Waals surface area contributed by atoms with E-state index in [1.54, 1.807) is 24.3 Å². The number of hydrogen-bond donors (Lipinski definition) is 6. The van der Waals surface area contributed by atoms with Crippen LogP contribution < -0.4 is 10.5 Å². The van der Waals surface area contributed by atoms with Crippen molar-refractivity contribution in [3.05, 3.63) is 24.3 Å². The summed E-state index contributed by atoms with van der Waals surface area (Å²) in [6.07, 6.45) is -6.44. The third-order valence-corrected chi connectivity index (χ3v) is 3.41. The fraction of sp³-hybridized carbons (Fsp3) is 0.538. The zero-order valence-electron chi connectivity index (χ0n) is 11.7. The molecule has 0 spiro atoms. The Balaban J connectivity index is 2.04. The molecular formula is C13H20N2O7. The second-order valence-electron chi connectivity index (χ2n) is 5.09. The number of nitrogens with two attached hydrogens (primary N) is 1. The molecule has 0 radical (unpaired) electrons. The number of rotatable bonds is 5. The minimum atomic E-state index is -1.48.